The summed E-state index contributed by atoms with van der Waals surface area (Å²) in [6, 6.07) is 7.59. The van der Waals surface area contributed by atoms with Crippen LogP contribution in [-0.2, 0) is 181 Å². The van der Waals surface area contributed by atoms with E-state index < -0.39 is 0 Å². The van der Waals surface area contributed by atoms with Crippen LogP contribution in [0.15, 0.2) is 24.3 Å². The van der Waals surface area contributed by atoms with Crippen molar-refractivity contribution in [2.24, 2.45) is 11.8 Å². The van der Waals surface area contributed by atoms with E-state index in [1.165, 1.54) is 195 Å². The third-order valence-corrected chi connectivity index (χ3v) is 29.0. The molecule has 0 unspecified atom stereocenters. The minimum Gasteiger partial charge on any atom is -0.507 e. The Hall–Kier alpha value is 5.19. The van der Waals surface area contributed by atoms with Crippen LogP contribution in [-0.4, -0.2) is 31.8 Å². The molecule has 4 fully saturated rings. The molecule has 70 heavy (non-hydrogen) atoms. The fourth-order valence-corrected chi connectivity index (χ4v) is 23.0. The van der Waals surface area contributed by atoms with Crippen LogP contribution in [0.2, 0.25) is 0 Å². The minimum absolute atomic E-state index is 0. The first-order valence-corrected chi connectivity index (χ1v) is 41.6. The Bertz CT molecular complexity index is 1850. The second-order valence-corrected chi connectivity index (χ2v) is 35.1. The molecule has 2 aromatic carbocycles. The first-order chi connectivity index (χ1) is 31.1. The second kappa shape index (κ2) is 70.3. The predicted octanol–water partition coefficient (Wildman–Crippen LogP) is 16.7. The number of methoxy groups -OCH3 is 2. The van der Waals surface area contributed by atoms with Gasteiger partial charge in [-0.15, -0.1) is 11.6 Å². The molecule has 4 saturated carbocycles. The average Bonchev–Trinajstić information content (AvgIpc) is 4.18. The summed E-state index contributed by atoms with van der Waals surface area (Å²) in [5, 5.41) is 9.25. The van der Waals surface area contributed by atoms with Crippen molar-refractivity contribution in [2.45, 2.75) is 141 Å². The fraction of sp³-hybridized carbons (Fsp3) is 0.636. The van der Waals surface area contributed by atoms with E-state index >= 15 is 0 Å². The molecule has 2 aromatic rings. The SMILES string of the molecule is C1CCCC1.C1CCCC1.COc1cc(I)c(O)cc1I.COc1cc(I)c(OCCCC2CCCC2)cc1I.ClCCCC1CCCC1.S=S.S=S=S=S=S=S.S=S=S=S=S=S=S.[CH3-].[CH3-].[CH3-].[CH3-].[Fe+2].[Fe+2]. The van der Waals surface area contributed by atoms with E-state index in [-0.39, 0.29) is 63.8 Å². The van der Waals surface area contributed by atoms with Crippen molar-refractivity contribution in [3.8, 4) is 23.0 Å². The number of hydrogen-bond donors (Lipinski definition) is 1. The molecular formula is C44H73ClFe2I4O4S15. The van der Waals surface area contributed by atoms with Gasteiger partial charge in [-0.2, -0.15) is 0 Å². The second-order valence-electron chi connectivity index (χ2n) is 14.1. The summed E-state index contributed by atoms with van der Waals surface area (Å²) in [7, 11) is 16.3. The molecule has 0 saturated heterocycles. The third kappa shape index (κ3) is 55.1. The molecule has 6 rings (SSSR count). The topological polar surface area (TPSA) is 47.9 Å². The largest absolute Gasteiger partial charge is 2.00 e. The van der Waals surface area contributed by atoms with Crippen LogP contribution >= 0.6 is 102 Å². The zero-order valence-electron chi connectivity index (χ0n) is 40.8. The summed E-state index contributed by atoms with van der Waals surface area (Å²) in [4.78, 5) is 0. The van der Waals surface area contributed by atoms with Gasteiger partial charge in [-0.25, -0.2) is 0 Å². The van der Waals surface area contributed by atoms with Crippen LogP contribution in [0.3, 0.4) is 0 Å². The van der Waals surface area contributed by atoms with Gasteiger partial charge in [0.1, 0.15) is 23.0 Å². The van der Waals surface area contributed by atoms with Gasteiger partial charge in [0.25, 0.3) is 0 Å². The van der Waals surface area contributed by atoms with Gasteiger partial charge in [-0.3, -0.25) is 0 Å². The van der Waals surface area contributed by atoms with Crippen molar-refractivity contribution >= 4 is 249 Å². The molecule has 0 spiro atoms. The van der Waals surface area contributed by atoms with E-state index in [9.17, 15) is 5.11 Å². The zero-order chi connectivity index (χ0) is 48.1. The Morgan fingerprint density at radius 2 is 0.800 bits per heavy atom. The Balaban J connectivity index is -0.000000110. The van der Waals surface area contributed by atoms with Gasteiger partial charge in [-0.1, -0.05) is 116 Å². The fourth-order valence-electron chi connectivity index (χ4n) is 6.79. The molecule has 1 N–H and O–H groups in total. The van der Waals surface area contributed by atoms with Gasteiger partial charge in [-0.05, 0) is 152 Å². The number of alkyl halides is 1. The first kappa shape index (κ1) is 91.7. The van der Waals surface area contributed by atoms with Crippen LogP contribution in [0.4, 0.5) is 0 Å². The Labute approximate surface area is 563 Å². The molecule has 0 amide bonds. The minimum atomic E-state index is 0. The van der Waals surface area contributed by atoms with Gasteiger partial charge < -0.3 is 49.0 Å². The van der Waals surface area contributed by atoms with Crippen molar-refractivity contribution in [2.75, 3.05) is 26.7 Å². The van der Waals surface area contributed by atoms with Crippen LogP contribution in [0, 0.1) is 55.8 Å². The molecule has 4 nitrogen and oxygen atoms in total. The molecule has 0 atom stereocenters. The zero-order valence-corrected chi connectivity index (χ0v) is 64.7. The number of phenols is 1. The third-order valence-electron chi connectivity index (χ3n) is 9.83. The smallest absolute Gasteiger partial charge is 0.507 e. The van der Waals surface area contributed by atoms with Crippen LogP contribution in [0.1, 0.15) is 141 Å². The molecule has 26 heteroatoms. The Kier molecular flexibility index (Phi) is 92.1. The molecule has 0 heterocycles. The van der Waals surface area contributed by atoms with Gasteiger partial charge in [0.15, 0.2) is 0 Å². The number of ether oxygens (including phenoxy) is 3. The normalized spacial score (nSPS) is 13.1. The molecule has 0 aliphatic heterocycles. The Morgan fingerprint density at radius 1 is 0.500 bits per heavy atom. The van der Waals surface area contributed by atoms with Crippen LogP contribution in [0.5, 0.6) is 23.0 Å². The van der Waals surface area contributed by atoms with E-state index in [4.69, 9.17) is 25.8 Å². The maximum absolute atomic E-state index is 9.25. The molecule has 414 valence electrons. The number of hydrogen-bond acceptors (Lipinski definition) is 10. The van der Waals surface area contributed by atoms with Crippen LogP contribution < -0.4 is 14.2 Å². The van der Waals surface area contributed by atoms with E-state index in [2.05, 4.69) is 164 Å². The number of rotatable bonds is 10. The standard InChI is InChI=1S/C15H20I2O2.C8H15Cl.C7H6I2O2.2C5H10.4CH3.2Fe.S7.S6.S2/c1-18-14-9-13(17)15(10-12(14)16)19-8-4-7-11-5-2-3-6-11;9-7-3-6-8-4-1-2-5-8;1-11-7-3-4(8)6(10)2-5(7)9;2*1-2-4-5-3-1;;;;;;;1-3-5-7-6-4-2;1-3-5-6-4-2;1-2/h9-11H,2-8H2,1H3;8H,1-7H2;2-3,10H,1H3;2*1-5H2;4*1H3;;;;;/q;;;;;4*-1;2*+2;;;. The average molecular weight is 1800 g/mol. The summed E-state index contributed by atoms with van der Waals surface area (Å²) < 4.78 is 20.2. The van der Waals surface area contributed by atoms with Gasteiger partial charge >= 0.3 is 34.1 Å². The van der Waals surface area contributed by atoms with Gasteiger partial charge in [0, 0.05) is 153 Å². The van der Waals surface area contributed by atoms with Crippen molar-refractivity contribution in [3.05, 3.63) is 68.3 Å². The molecule has 0 bridgehead atoms. The maximum atomic E-state index is 9.25. The van der Waals surface area contributed by atoms with E-state index in [0.717, 1.165) is 55.9 Å². The number of aromatic hydroxyl groups is 1. The van der Waals surface area contributed by atoms with Crippen molar-refractivity contribution in [3.63, 3.8) is 0 Å². The summed E-state index contributed by atoms with van der Waals surface area (Å²) >= 11 is 39.8. The quantitative estimate of drug-likeness (QED) is 0.0818. The predicted molar refractivity (Wildman–Crippen MR) is 379 cm³/mol. The van der Waals surface area contributed by atoms with Gasteiger partial charge in [0.05, 0.1) is 35.1 Å². The summed E-state index contributed by atoms with van der Waals surface area (Å²) in [5.74, 6) is 5.85. The molecule has 4 aliphatic carbocycles. The molecule has 4 aliphatic rings. The van der Waals surface area contributed by atoms with Crippen molar-refractivity contribution in [1.82, 2.24) is 0 Å². The van der Waals surface area contributed by atoms with Crippen molar-refractivity contribution < 1.29 is 53.5 Å². The molecular weight excluding hydrogens is 1730 g/mol. The number of phenolic OH excluding ortho intramolecular Hbond substituents is 1. The van der Waals surface area contributed by atoms with Crippen molar-refractivity contribution in [1.29, 1.82) is 0 Å². The van der Waals surface area contributed by atoms with Gasteiger partial charge in [0.2, 0.25) is 0 Å². The summed E-state index contributed by atoms with van der Waals surface area (Å²) in [5.41, 5.74) is 0. The van der Waals surface area contributed by atoms with Crippen LogP contribution in [0.25, 0.3) is 0 Å². The molecule has 0 aromatic heterocycles. The van der Waals surface area contributed by atoms with E-state index in [1.54, 1.807) is 53.0 Å². The first-order valence-electron chi connectivity index (χ1n) is 20.7. The number of benzene rings is 2. The molecule has 0 radical (unpaired) electrons. The monoisotopic (exact) mass is 1800 g/mol. The Morgan fingerprint density at radius 3 is 1.14 bits per heavy atom. The summed E-state index contributed by atoms with van der Waals surface area (Å²) in [6.45, 7) is 0.828. The van der Waals surface area contributed by atoms with E-state index in [0.29, 0.717) is 5.75 Å². The maximum Gasteiger partial charge on any atom is 2.00 e. The number of halogens is 5. The summed E-state index contributed by atoms with van der Waals surface area (Å²) in [6.07, 6.45) is 31.7. The van der Waals surface area contributed by atoms with E-state index in [1.807, 2.05) is 6.07 Å².